The van der Waals surface area contributed by atoms with Gasteiger partial charge in [0, 0.05) is 0 Å². The van der Waals surface area contributed by atoms with E-state index in [0.717, 1.165) is 25.7 Å². The highest BCUT2D eigenvalue weighted by Gasteiger charge is 2.54. The Morgan fingerprint density at radius 3 is 2.84 bits per heavy atom. The molecule has 0 aromatic carbocycles. The number of ether oxygens (including phenoxy) is 2. The lowest BCUT2D eigenvalue weighted by Gasteiger charge is -2.44. The Morgan fingerprint density at radius 2 is 2.16 bits per heavy atom. The van der Waals surface area contributed by atoms with Gasteiger partial charge in [0.1, 0.15) is 5.60 Å². The van der Waals surface area contributed by atoms with Crippen molar-refractivity contribution in [3.63, 3.8) is 0 Å². The first-order chi connectivity index (χ1) is 9.00. The quantitative estimate of drug-likeness (QED) is 0.722. The Kier molecular flexibility index (Phi) is 4.51. The summed E-state index contributed by atoms with van der Waals surface area (Å²) in [6.45, 7) is 4.76. The van der Waals surface area contributed by atoms with E-state index in [1.54, 1.807) is 0 Å². The molecule has 0 saturated carbocycles. The fourth-order valence-corrected chi connectivity index (χ4v) is 3.33. The highest BCUT2D eigenvalue weighted by Crippen LogP contribution is 2.46. The molecule has 3 atom stereocenters. The average Bonchev–Trinajstić information content (AvgIpc) is 2.72. The second kappa shape index (κ2) is 5.80. The van der Waals surface area contributed by atoms with Crippen molar-refractivity contribution in [2.75, 3.05) is 6.61 Å². The predicted octanol–water partition coefficient (Wildman–Crippen LogP) is 3.14. The lowest BCUT2D eigenvalue weighted by atomic mass is 9.90. The number of hydrogen-bond acceptors (Lipinski definition) is 3. The molecule has 2 bridgehead atoms. The van der Waals surface area contributed by atoms with Crippen LogP contribution in [0, 0.1) is 0 Å². The second-order valence-corrected chi connectivity index (χ2v) is 6.31. The summed E-state index contributed by atoms with van der Waals surface area (Å²) in [7, 11) is 0. The molecule has 0 aliphatic carbocycles. The number of carboxylic acid groups (broad SMARTS) is 1. The van der Waals surface area contributed by atoms with E-state index in [1.165, 1.54) is 19.3 Å². The first-order valence-electron chi connectivity index (χ1n) is 7.53. The van der Waals surface area contributed by atoms with E-state index >= 15 is 0 Å². The zero-order valence-electron chi connectivity index (χ0n) is 12.1. The van der Waals surface area contributed by atoms with E-state index in [-0.39, 0.29) is 18.1 Å². The first kappa shape index (κ1) is 14.8. The van der Waals surface area contributed by atoms with Crippen LogP contribution in [0.3, 0.4) is 0 Å². The molecule has 0 aromatic heterocycles. The molecule has 2 rings (SSSR count). The largest absolute Gasteiger partial charge is 0.481 e. The zero-order chi connectivity index (χ0) is 13.9. The Hall–Kier alpha value is -0.610. The SMILES string of the molecule is CCCCCCC1(C)OCC2(CC(=O)O)CCC1O2. The van der Waals surface area contributed by atoms with E-state index in [9.17, 15) is 4.79 Å². The van der Waals surface area contributed by atoms with Gasteiger partial charge in [-0.15, -0.1) is 0 Å². The number of carboxylic acids is 1. The molecule has 2 aliphatic rings. The van der Waals surface area contributed by atoms with E-state index in [0.29, 0.717) is 6.61 Å². The molecule has 0 radical (unpaired) electrons. The summed E-state index contributed by atoms with van der Waals surface area (Å²) in [5.74, 6) is -0.796. The Balaban J connectivity index is 1.89. The number of aliphatic carboxylic acids is 1. The fraction of sp³-hybridized carbons (Fsp3) is 0.933. The maximum atomic E-state index is 10.9. The van der Waals surface area contributed by atoms with E-state index in [1.807, 2.05) is 0 Å². The lowest BCUT2D eigenvalue weighted by Crippen LogP contribution is -2.53. The summed E-state index contributed by atoms with van der Waals surface area (Å²) in [5.41, 5.74) is -0.772. The third kappa shape index (κ3) is 3.29. The minimum Gasteiger partial charge on any atom is -0.481 e. The molecular weight excluding hydrogens is 244 g/mol. The van der Waals surface area contributed by atoms with Crippen molar-refractivity contribution in [3.8, 4) is 0 Å². The minimum atomic E-state index is -0.796. The number of hydrogen-bond donors (Lipinski definition) is 1. The summed E-state index contributed by atoms with van der Waals surface area (Å²) in [4.78, 5) is 10.9. The van der Waals surface area contributed by atoms with Crippen LogP contribution in [0.5, 0.6) is 0 Å². The molecule has 0 spiro atoms. The lowest BCUT2D eigenvalue weighted by molar-refractivity contribution is -0.242. The van der Waals surface area contributed by atoms with Crippen LogP contribution >= 0.6 is 0 Å². The molecule has 2 saturated heterocycles. The molecule has 2 fully saturated rings. The molecule has 4 nitrogen and oxygen atoms in total. The van der Waals surface area contributed by atoms with Gasteiger partial charge in [-0.25, -0.2) is 0 Å². The molecular formula is C15H26O4. The monoisotopic (exact) mass is 270 g/mol. The van der Waals surface area contributed by atoms with Crippen LogP contribution in [0.1, 0.15) is 65.2 Å². The molecule has 110 valence electrons. The van der Waals surface area contributed by atoms with Gasteiger partial charge in [0.25, 0.3) is 0 Å². The third-order valence-electron chi connectivity index (χ3n) is 4.60. The van der Waals surface area contributed by atoms with Crippen LogP contribution in [0.15, 0.2) is 0 Å². The second-order valence-electron chi connectivity index (χ2n) is 6.31. The predicted molar refractivity (Wildman–Crippen MR) is 72.2 cm³/mol. The molecule has 2 heterocycles. The molecule has 0 aromatic rings. The van der Waals surface area contributed by atoms with Crippen LogP contribution in [-0.4, -0.2) is 35.0 Å². The summed E-state index contributed by atoms with van der Waals surface area (Å²) in [6.07, 6.45) is 7.80. The van der Waals surface area contributed by atoms with Gasteiger partial charge in [-0.1, -0.05) is 32.6 Å². The Morgan fingerprint density at radius 1 is 1.37 bits per heavy atom. The Bertz CT molecular complexity index is 330. The van der Waals surface area contributed by atoms with Crippen molar-refractivity contribution >= 4 is 5.97 Å². The number of unbranched alkanes of at least 4 members (excludes halogenated alkanes) is 3. The van der Waals surface area contributed by atoms with Gasteiger partial charge >= 0.3 is 5.97 Å². The third-order valence-corrected chi connectivity index (χ3v) is 4.60. The van der Waals surface area contributed by atoms with Gasteiger partial charge in [0.15, 0.2) is 0 Å². The number of fused-ring (bicyclic) bond motifs is 2. The topological polar surface area (TPSA) is 55.8 Å². The van der Waals surface area contributed by atoms with Crippen LogP contribution in [0.2, 0.25) is 0 Å². The van der Waals surface area contributed by atoms with Crippen molar-refractivity contribution in [1.82, 2.24) is 0 Å². The highest BCUT2D eigenvalue weighted by atomic mass is 16.6. The van der Waals surface area contributed by atoms with Crippen molar-refractivity contribution in [2.45, 2.75) is 82.5 Å². The molecule has 0 amide bonds. The van der Waals surface area contributed by atoms with Gasteiger partial charge in [0.2, 0.25) is 0 Å². The minimum absolute atomic E-state index is 0.0649. The summed E-state index contributed by atoms with van der Waals surface area (Å²) in [6, 6.07) is 0. The maximum absolute atomic E-state index is 10.9. The van der Waals surface area contributed by atoms with Crippen molar-refractivity contribution in [2.24, 2.45) is 0 Å². The summed E-state index contributed by atoms with van der Waals surface area (Å²) < 4.78 is 12.1. The summed E-state index contributed by atoms with van der Waals surface area (Å²) in [5, 5.41) is 8.98. The zero-order valence-corrected chi connectivity index (χ0v) is 12.1. The molecule has 3 unspecified atom stereocenters. The van der Waals surface area contributed by atoms with E-state index < -0.39 is 11.6 Å². The van der Waals surface area contributed by atoms with Gasteiger partial charge in [0.05, 0.1) is 24.7 Å². The highest BCUT2D eigenvalue weighted by molar-refractivity contribution is 5.68. The van der Waals surface area contributed by atoms with Crippen LogP contribution in [-0.2, 0) is 14.3 Å². The van der Waals surface area contributed by atoms with Crippen molar-refractivity contribution in [3.05, 3.63) is 0 Å². The molecule has 2 aliphatic heterocycles. The Labute approximate surface area is 115 Å². The van der Waals surface area contributed by atoms with Crippen molar-refractivity contribution in [1.29, 1.82) is 0 Å². The normalized spacial score (nSPS) is 37.5. The standard InChI is InChI=1S/C15H26O4/c1-3-4-5-6-8-14(2)12-7-9-15(19-12,11-18-14)10-13(16)17/h12H,3-11H2,1-2H3,(H,16,17). The van der Waals surface area contributed by atoms with Gasteiger partial charge in [-0.2, -0.15) is 0 Å². The van der Waals surface area contributed by atoms with E-state index in [2.05, 4.69) is 13.8 Å². The summed E-state index contributed by atoms with van der Waals surface area (Å²) >= 11 is 0. The number of carbonyl (C=O) groups is 1. The van der Waals surface area contributed by atoms with Crippen molar-refractivity contribution < 1.29 is 19.4 Å². The molecule has 19 heavy (non-hydrogen) atoms. The van der Waals surface area contributed by atoms with Crippen LogP contribution in [0.25, 0.3) is 0 Å². The van der Waals surface area contributed by atoms with Crippen LogP contribution < -0.4 is 0 Å². The maximum Gasteiger partial charge on any atom is 0.306 e. The average molecular weight is 270 g/mol. The van der Waals surface area contributed by atoms with Gasteiger partial charge in [-0.3, -0.25) is 4.79 Å². The number of rotatable bonds is 7. The van der Waals surface area contributed by atoms with Gasteiger partial charge < -0.3 is 14.6 Å². The van der Waals surface area contributed by atoms with Gasteiger partial charge in [-0.05, 0) is 26.2 Å². The molecule has 1 N–H and O–H groups in total. The fourth-order valence-electron chi connectivity index (χ4n) is 3.33. The first-order valence-corrected chi connectivity index (χ1v) is 7.53. The smallest absolute Gasteiger partial charge is 0.306 e. The molecule has 4 heteroatoms. The van der Waals surface area contributed by atoms with E-state index in [4.69, 9.17) is 14.6 Å². The van der Waals surface area contributed by atoms with Crippen LogP contribution in [0.4, 0.5) is 0 Å².